The Labute approximate surface area is 121 Å². The highest BCUT2D eigenvalue weighted by Crippen LogP contribution is 2.23. The maximum Gasteiger partial charge on any atom is 0.312 e. The summed E-state index contributed by atoms with van der Waals surface area (Å²) in [5.74, 6) is -1.39. The third-order valence-electron chi connectivity index (χ3n) is 2.86. The lowest BCUT2D eigenvalue weighted by Crippen LogP contribution is -2.16. The van der Waals surface area contributed by atoms with Crippen molar-refractivity contribution in [2.24, 2.45) is 0 Å². The number of hydrogen-bond donors (Lipinski definition) is 1. The van der Waals surface area contributed by atoms with Gasteiger partial charge in [-0.05, 0) is 24.1 Å². The molecule has 0 aliphatic heterocycles. The van der Waals surface area contributed by atoms with Gasteiger partial charge in [-0.1, -0.05) is 23.7 Å². The summed E-state index contributed by atoms with van der Waals surface area (Å²) in [5.41, 5.74) is 1.24. The molecule has 20 heavy (non-hydrogen) atoms. The van der Waals surface area contributed by atoms with Crippen LogP contribution < -0.4 is 4.74 Å². The molecule has 0 bridgehead atoms. The lowest BCUT2D eigenvalue weighted by molar-refractivity contribution is -0.138. The number of carbonyl (C=O) groups is 1. The summed E-state index contributed by atoms with van der Waals surface area (Å²) >= 11 is 5.91. The molecule has 0 aliphatic rings. The van der Waals surface area contributed by atoms with Crippen LogP contribution in [0.4, 0.5) is 0 Å². The number of benzene rings is 1. The van der Waals surface area contributed by atoms with Crippen molar-refractivity contribution < 1.29 is 14.6 Å². The van der Waals surface area contributed by atoms with Gasteiger partial charge in [0.2, 0.25) is 5.88 Å². The first-order valence-corrected chi connectivity index (χ1v) is 6.31. The minimum atomic E-state index is -0.953. The smallest absolute Gasteiger partial charge is 0.312 e. The van der Waals surface area contributed by atoms with Gasteiger partial charge in [-0.2, -0.15) is 0 Å². The summed E-state index contributed by atoms with van der Waals surface area (Å²) in [6.45, 7) is 0. The molecule has 1 heterocycles. The van der Waals surface area contributed by atoms with Gasteiger partial charge < -0.3 is 9.84 Å². The van der Waals surface area contributed by atoms with Gasteiger partial charge in [0.1, 0.15) is 12.2 Å². The third kappa shape index (κ3) is 3.45. The summed E-state index contributed by atoms with van der Waals surface area (Å²) in [6, 6.07) is 8.64. The van der Waals surface area contributed by atoms with E-state index in [1.165, 1.54) is 19.5 Å². The van der Waals surface area contributed by atoms with Crippen LogP contribution in [-0.4, -0.2) is 28.2 Å². The molecule has 6 heteroatoms. The predicted molar refractivity (Wildman–Crippen MR) is 74.1 cm³/mol. The lowest BCUT2D eigenvalue weighted by Gasteiger charge is -2.12. The lowest BCUT2D eigenvalue weighted by atomic mass is 9.96. The predicted octanol–water partition coefficient (Wildman–Crippen LogP) is 2.55. The third-order valence-corrected chi connectivity index (χ3v) is 3.09. The highest BCUT2D eigenvalue weighted by atomic mass is 35.5. The molecule has 2 aromatic rings. The number of aromatic nitrogens is 2. The first-order chi connectivity index (χ1) is 9.60. The topological polar surface area (TPSA) is 72.3 Å². The van der Waals surface area contributed by atoms with Crippen molar-refractivity contribution in [1.29, 1.82) is 0 Å². The zero-order chi connectivity index (χ0) is 14.5. The fraction of sp³-hybridized carbons (Fsp3) is 0.214. The molecule has 0 saturated heterocycles. The first kappa shape index (κ1) is 14.3. The maximum atomic E-state index is 11.5. The van der Waals surface area contributed by atoms with Crippen molar-refractivity contribution in [3.63, 3.8) is 0 Å². The van der Waals surface area contributed by atoms with Crippen molar-refractivity contribution in [2.45, 2.75) is 12.3 Å². The van der Waals surface area contributed by atoms with E-state index in [0.29, 0.717) is 23.0 Å². The van der Waals surface area contributed by atoms with Crippen LogP contribution in [0.2, 0.25) is 5.02 Å². The number of rotatable bonds is 5. The Morgan fingerprint density at radius 1 is 1.40 bits per heavy atom. The molecule has 0 amide bonds. The summed E-state index contributed by atoms with van der Waals surface area (Å²) in [4.78, 5) is 19.4. The molecule has 5 nitrogen and oxygen atoms in total. The SMILES string of the molecule is COc1cc(C(Cc2cccc(Cl)c2)C(=O)O)ncn1. The summed E-state index contributed by atoms with van der Waals surface area (Å²) in [5, 5.41) is 9.96. The Morgan fingerprint density at radius 3 is 2.85 bits per heavy atom. The summed E-state index contributed by atoms with van der Waals surface area (Å²) in [7, 11) is 1.47. The fourth-order valence-corrected chi connectivity index (χ4v) is 2.09. The number of carboxylic acid groups (broad SMARTS) is 1. The van der Waals surface area contributed by atoms with E-state index in [0.717, 1.165) is 5.56 Å². The number of nitrogens with zero attached hydrogens (tertiary/aromatic N) is 2. The molecule has 0 saturated carbocycles. The van der Waals surface area contributed by atoms with Crippen LogP contribution in [0.5, 0.6) is 5.88 Å². The zero-order valence-corrected chi connectivity index (χ0v) is 11.5. The molecule has 1 N–H and O–H groups in total. The second-order valence-electron chi connectivity index (χ2n) is 4.21. The van der Waals surface area contributed by atoms with Gasteiger partial charge in [0.25, 0.3) is 0 Å². The van der Waals surface area contributed by atoms with Gasteiger partial charge in [-0.3, -0.25) is 4.79 Å². The number of carboxylic acids is 1. The molecule has 0 radical (unpaired) electrons. The monoisotopic (exact) mass is 292 g/mol. The van der Waals surface area contributed by atoms with E-state index >= 15 is 0 Å². The molecular formula is C14H13ClN2O3. The molecule has 104 valence electrons. The van der Waals surface area contributed by atoms with E-state index in [1.807, 2.05) is 6.07 Å². The highest BCUT2D eigenvalue weighted by Gasteiger charge is 2.22. The van der Waals surface area contributed by atoms with E-state index in [1.54, 1.807) is 18.2 Å². The van der Waals surface area contributed by atoms with Gasteiger partial charge in [0, 0.05) is 11.1 Å². The largest absolute Gasteiger partial charge is 0.481 e. The van der Waals surface area contributed by atoms with E-state index in [9.17, 15) is 9.90 Å². The van der Waals surface area contributed by atoms with E-state index in [2.05, 4.69) is 9.97 Å². The van der Waals surface area contributed by atoms with Crippen LogP contribution in [0.3, 0.4) is 0 Å². The van der Waals surface area contributed by atoms with Crippen molar-refractivity contribution in [1.82, 2.24) is 9.97 Å². The van der Waals surface area contributed by atoms with Crippen LogP contribution in [0.25, 0.3) is 0 Å². The minimum Gasteiger partial charge on any atom is -0.481 e. The molecular weight excluding hydrogens is 280 g/mol. The molecule has 0 aliphatic carbocycles. The quantitative estimate of drug-likeness (QED) is 0.917. The second kappa shape index (κ2) is 6.34. The minimum absolute atomic E-state index is 0.302. The first-order valence-electron chi connectivity index (χ1n) is 5.93. The highest BCUT2D eigenvalue weighted by molar-refractivity contribution is 6.30. The van der Waals surface area contributed by atoms with Gasteiger partial charge in [-0.25, -0.2) is 9.97 Å². The summed E-state index contributed by atoms with van der Waals surface area (Å²) in [6.07, 6.45) is 1.60. The average molecular weight is 293 g/mol. The van der Waals surface area contributed by atoms with Crippen LogP contribution in [-0.2, 0) is 11.2 Å². The van der Waals surface area contributed by atoms with Crippen LogP contribution >= 0.6 is 11.6 Å². The fourth-order valence-electron chi connectivity index (χ4n) is 1.87. The van der Waals surface area contributed by atoms with Crippen molar-refractivity contribution in [3.05, 3.63) is 52.9 Å². The molecule has 1 atom stereocenters. The van der Waals surface area contributed by atoms with E-state index < -0.39 is 11.9 Å². The number of ether oxygens (including phenoxy) is 1. The number of halogens is 1. The number of hydrogen-bond acceptors (Lipinski definition) is 4. The molecule has 0 fully saturated rings. The Morgan fingerprint density at radius 2 is 2.20 bits per heavy atom. The van der Waals surface area contributed by atoms with Crippen molar-refractivity contribution in [2.75, 3.05) is 7.11 Å². The average Bonchev–Trinajstić information content (AvgIpc) is 2.44. The molecule has 1 aromatic heterocycles. The number of aliphatic carboxylic acids is 1. The molecule has 0 spiro atoms. The molecule has 1 aromatic carbocycles. The van der Waals surface area contributed by atoms with Gasteiger partial charge in [0.05, 0.1) is 12.8 Å². The van der Waals surface area contributed by atoms with Crippen LogP contribution in [0.15, 0.2) is 36.7 Å². The van der Waals surface area contributed by atoms with E-state index in [4.69, 9.17) is 16.3 Å². The molecule has 2 rings (SSSR count). The number of methoxy groups -OCH3 is 1. The van der Waals surface area contributed by atoms with Crippen molar-refractivity contribution in [3.8, 4) is 5.88 Å². The van der Waals surface area contributed by atoms with Crippen LogP contribution in [0, 0.1) is 0 Å². The molecule has 1 unspecified atom stereocenters. The zero-order valence-electron chi connectivity index (χ0n) is 10.8. The Kier molecular flexibility index (Phi) is 4.53. The van der Waals surface area contributed by atoms with Gasteiger partial charge in [-0.15, -0.1) is 0 Å². The normalized spacial score (nSPS) is 11.9. The van der Waals surface area contributed by atoms with Gasteiger partial charge >= 0.3 is 5.97 Å². The Hall–Kier alpha value is -2.14. The van der Waals surface area contributed by atoms with Crippen molar-refractivity contribution >= 4 is 17.6 Å². The van der Waals surface area contributed by atoms with Gasteiger partial charge in [0.15, 0.2) is 0 Å². The second-order valence-corrected chi connectivity index (χ2v) is 4.65. The maximum absolute atomic E-state index is 11.5. The Balaban J connectivity index is 2.29. The Bertz CT molecular complexity index is 619. The van der Waals surface area contributed by atoms with Crippen LogP contribution in [0.1, 0.15) is 17.2 Å². The standard InChI is InChI=1S/C14H13ClN2O3/c1-20-13-7-12(16-8-17-13)11(14(18)19)6-9-3-2-4-10(15)5-9/h2-5,7-8,11H,6H2,1H3,(H,18,19). The summed E-state index contributed by atoms with van der Waals surface area (Å²) < 4.78 is 4.99. The van der Waals surface area contributed by atoms with E-state index in [-0.39, 0.29) is 0 Å².